The van der Waals surface area contributed by atoms with E-state index in [2.05, 4.69) is 4.98 Å². The second-order valence-corrected chi connectivity index (χ2v) is 2.76. The molecule has 3 heteroatoms. The van der Waals surface area contributed by atoms with Crippen LogP contribution < -0.4 is 0 Å². The lowest BCUT2D eigenvalue weighted by Gasteiger charge is -2.04. The maximum atomic E-state index is 12.7. The summed E-state index contributed by atoms with van der Waals surface area (Å²) in [6.45, 7) is 3.81. The number of pyridine rings is 1. The molecule has 0 unspecified atom stereocenters. The molecule has 1 aromatic heterocycles. The van der Waals surface area contributed by atoms with Gasteiger partial charge in [0.2, 0.25) is 5.95 Å². The monoisotopic (exact) mass is 173 g/mol. The molecule has 0 bridgehead atoms. The van der Waals surface area contributed by atoms with Gasteiger partial charge in [-0.1, -0.05) is 18.5 Å². The van der Waals surface area contributed by atoms with Crippen molar-refractivity contribution < 1.29 is 4.39 Å². The van der Waals surface area contributed by atoms with E-state index in [0.29, 0.717) is 0 Å². The minimum Gasteiger partial charge on any atom is -0.227 e. The van der Waals surface area contributed by atoms with Crippen LogP contribution in [0.2, 0.25) is 5.02 Å². The van der Waals surface area contributed by atoms with Crippen LogP contribution in [-0.4, -0.2) is 4.98 Å². The molecule has 11 heavy (non-hydrogen) atoms. The van der Waals surface area contributed by atoms with Crippen molar-refractivity contribution in [3.63, 3.8) is 0 Å². The Morgan fingerprint density at radius 3 is 2.73 bits per heavy atom. The van der Waals surface area contributed by atoms with Crippen LogP contribution in [0.3, 0.4) is 0 Å². The maximum Gasteiger partial charge on any atom is 0.231 e. The Bertz CT molecular complexity index is 273. The van der Waals surface area contributed by atoms with Crippen LogP contribution >= 0.6 is 11.6 Å². The van der Waals surface area contributed by atoms with E-state index in [1.165, 1.54) is 6.20 Å². The Kier molecular flexibility index (Phi) is 2.45. The zero-order valence-corrected chi connectivity index (χ0v) is 7.24. The highest BCUT2D eigenvalue weighted by Gasteiger charge is 2.07. The molecule has 0 saturated heterocycles. The lowest BCUT2D eigenvalue weighted by molar-refractivity contribution is 0.581. The summed E-state index contributed by atoms with van der Waals surface area (Å²) in [6.07, 6.45) is 2.24. The number of rotatable bonds is 1. The number of nitrogens with zero attached hydrogens (tertiary/aromatic N) is 1. The second-order valence-electron chi connectivity index (χ2n) is 2.38. The predicted molar refractivity (Wildman–Crippen MR) is 43.3 cm³/mol. The van der Waals surface area contributed by atoms with Crippen LogP contribution in [-0.2, 0) is 6.42 Å². The van der Waals surface area contributed by atoms with E-state index >= 15 is 0 Å². The van der Waals surface area contributed by atoms with Crippen molar-refractivity contribution in [2.24, 2.45) is 0 Å². The Morgan fingerprint density at radius 2 is 2.27 bits per heavy atom. The van der Waals surface area contributed by atoms with Gasteiger partial charge in [-0.3, -0.25) is 0 Å². The molecule has 0 amide bonds. The molecule has 60 valence electrons. The summed E-state index contributed by atoms with van der Waals surface area (Å²) < 4.78 is 12.7. The topological polar surface area (TPSA) is 12.9 Å². The summed E-state index contributed by atoms with van der Waals surface area (Å²) in [5.74, 6) is -0.575. The summed E-state index contributed by atoms with van der Waals surface area (Å²) in [5, 5.41) is 0.160. The third kappa shape index (κ3) is 1.51. The fraction of sp³-hybridized carbons (Fsp3) is 0.375. The van der Waals surface area contributed by atoms with Gasteiger partial charge in [0, 0.05) is 6.20 Å². The van der Waals surface area contributed by atoms with E-state index in [1.54, 1.807) is 0 Å². The van der Waals surface area contributed by atoms with Gasteiger partial charge >= 0.3 is 0 Å². The number of hydrogen-bond donors (Lipinski definition) is 0. The lowest BCUT2D eigenvalue weighted by Crippen LogP contribution is -1.94. The van der Waals surface area contributed by atoms with Crippen molar-refractivity contribution in [2.75, 3.05) is 0 Å². The molecule has 1 nitrogen and oxygen atoms in total. The first-order chi connectivity index (χ1) is 5.16. The Hall–Kier alpha value is -0.630. The fourth-order valence-electron chi connectivity index (χ4n) is 1.02. The molecule has 1 rings (SSSR count). The number of hydrogen-bond acceptors (Lipinski definition) is 1. The SMILES string of the molecule is CCc1c(C)cnc(F)c1Cl. The Labute approximate surface area is 70.2 Å². The fourth-order valence-corrected chi connectivity index (χ4v) is 1.35. The summed E-state index contributed by atoms with van der Waals surface area (Å²) in [4.78, 5) is 3.49. The molecular weight excluding hydrogens is 165 g/mol. The molecular formula is C8H9ClFN. The first-order valence-corrected chi connectivity index (χ1v) is 3.84. The normalized spacial score (nSPS) is 10.2. The van der Waals surface area contributed by atoms with Crippen LogP contribution in [0.5, 0.6) is 0 Å². The van der Waals surface area contributed by atoms with Gasteiger partial charge < -0.3 is 0 Å². The Morgan fingerprint density at radius 1 is 1.64 bits per heavy atom. The molecule has 1 heterocycles. The van der Waals surface area contributed by atoms with E-state index < -0.39 is 5.95 Å². The highest BCUT2D eigenvalue weighted by molar-refractivity contribution is 6.31. The minimum atomic E-state index is -0.575. The van der Waals surface area contributed by atoms with Crippen LogP contribution in [0.4, 0.5) is 4.39 Å². The highest BCUT2D eigenvalue weighted by Crippen LogP contribution is 2.21. The van der Waals surface area contributed by atoms with Gasteiger partial charge in [0.05, 0.1) is 5.02 Å². The molecule has 0 aliphatic carbocycles. The largest absolute Gasteiger partial charge is 0.231 e. The zero-order valence-electron chi connectivity index (χ0n) is 6.49. The predicted octanol–water partition coefficient (Wildman–Crippen LogP) is 2.74. The Balaban J connectivity index is 3.29. The number of aryl methyl sites for hydroxylation is 1. The van der Waals surface area contributed by atoms with E-state index in [-0.39, 0.29) is 5.02 Å². The highest BCUT2D eigenvalue weighted by atomic mass is 35.5. The van der Waals surface area contributed by atoms with Gasteiger partial charge in [0.15, 0.2) is 0 Å². The summed E-state index contributed by atoms with van der Waals surface area (Å²) >= 11 is 5.66. The van der Waals surface area contributed by atoms with Crippen LogP contribution in [0.1, 0.15) is 18.1 Å². The van der Waals surface area contributed by atoms with Crippen LogP contribution in [0.15, 0.2) is 6.20 Å². The average molecular weight is 174 g/mol. The van der Waals surface area contributed by atoms with Crippen molar-refractivity contribution in [3.05, 3.63) is 28.3 Å². The number of aromatic nitrogens is 1. The minimum absolute atomic E-state index is 0.160. The van der Waals surface area contributed by atoms with E-state index in [0.717, 1.165) is 17.5 Å². The standard InChI is InChI=1S/C8H9ClFN/c1-3-6-5(2)4-11-8(10)7(6)9/h4H,3H2,1-2H3. The second kappa shape index (κ2) is 3.18. The van der Waals surface area contributed by atoms with Gasteiger partial charge in [0.1, 0.15) is 0 Å². The molecule has 0 aliphatic heterocycles. The first kappa shape index (κ1) is 8.47. The molecule has 0 radical (unpaired) electrons. The molecule has 0 spiro atoms. The average Bonchev–Trinajstić information content (AvgIpc) is 1.99. The third-order valence-corrected chi connectivity index (χ3v) is 2.03. The number of halogens is 2. The van der Waals surface area contributed by atoms with Crippen molar-refractivity contribution in [3.8, 4) is 0 Å². The van der Waals surface area contributed by atoms with Gasteiger partial charge in [-0.15, -0.1) is 0 Å². The smallest absolute Gasteiger partial charge is 0.227 e. The van der Waals surface area contributed by atoms with Gasteiger partial charge in [0.25, 0.3) is 0 Å². The van der Waals surface area contributed by atoms with Gasteiger partial charge in [-0.2, -0.15) is 4.39 Å². The van der Waals surface area contributed by atoms with Crippen molar-refractivity contribution in [1.29, 1.82) is 0 Å². The molecule has 0 atom stereocenters. The quantitative estimate of drug-likeness (QED) is 0.596. The molecule has 1 aromatic rings. The van der Waals surface area contributed by atoms with E-state index in [9.17, 15) is 4.39 Å². The molecule has 0 aromatic carbocycles. The summed E-state index contributed by atoms with van der Waals surface area (Å²) in [7, 11) is 0. The summed E-state index contributed by atoms with van der Waals surface area (Å²) in [6, 6.07) is 0. The van der Waals surface area contributed by atoms with E-state index in [4.69, 9.17) is 11.6 Å². The van der Waals surface area contributed by atoms with Crippen molar-refractivity contribution in [1.82, 2.24) is 4.98 Å². The van der Waals surface area contributed by atoms with Crippen molar-refractivity contribution in [2.45, 2.75) is 20.3 Å². The molecule has 0 saturated carbocycles. The molecule has 0 N–H and O–H groups in total. The third-order valence-electron chi connectivity index (χ3n) is 1.65. The molecule has 0 fully saturated rings. The van der Waals surface area contributed by atoms with Gasteiger partial charge in [-0.25, -0.2) is 4.98 Å². The maximum absolute atomic E-state index is 12.7. The van der Waals surface area contributed by atoms with Crippen LogP contribution in [0, 0.1) is 12.9 Å². The summed E-state index contributed by atoms with van der Waals surface area (Å²) in [5.41, 5.74) is 1.79. The van der Waals surface area contributed by atoms with E-state index in [1.807, 2.05) is 13.8 Å². The van der Waals surface area contributed by atoms with Gasteiger partial charge in [-0.05, 0) is 24.5 Å². The first-order valence-electron chi connectivity index (χ1n) is 3.46. The van der Waals surface area contributed by atoms with Crippen LogP contribution in [0.25, 0.3) is 0 Å². The van der Waals surface area contributed by atoms with Crippen molar-refractivity contribution >= 4 is 11.6 Å². The zero-order chi connectivity index (χ0) is 8.43. The lowest BCUT2D eigenvalue weighted by atomic mass is 10.1. The molecule has 0 aliphatic rings.